The number of hydrogen-bond donors (Lipinski definition) is 1. The van der Waals surface area contributed by atoms with Crippen LogP contribution in [0.2, 0.25) is 0 Å². The Morgan fingerprint density at radius 3 is 2.28 bits per heavy atom. The SMILES string of the molecule is CN(C)C1(c2ccccc2)CCC2(CC1)CN(c1cnc(C3CC3)nc1)C(=O)N2. The van der Waals surface area contributed by atoms with Gasteiger partial charge in [-0.05, 0) is 58.2 Å². The first kappa shape index (κ1) is 18.6. The third-order valence-electron chi connectivity index (χ3n) is 7.19. The van der Waals surface area contributed by atoms with Crippen molar-refractivity contribution in [2.75, 3.05) is 25.5 Å². The molecule has 0 bridgehead atoms. The van der Waals surface area contributed by atoms with Crippen LogP contribution in [-0.4, -0.2) is 47.1 Å². The van der Waals surface area contributed by atoms with E-state index in [9.17, 15) is 4.79 Å². The standard InChI is InChI=1S/C23H29N5O/c1-27(2)23(18-6-4-3-5-7-18)12-10-22(11-13-23)16-28(21(29)26-22)19-14-24-20(25-15-19)17-8-9-17/h3-7,14-15,17H,8-13,16H2,1-2H3,(H,26,29). The number of carbonyl (C=O) groups excluding carboxylic acids is 1. The molecule has 3 fully saturated rings. The van der Waals surface area contributed by atoms with Crippen molar-refractivity contribution >= 4 is 11.7 Å². The molecule has 0 unspecified atom stereocenters. The number of hydrogen-bond acceptors (Lipinski definition) is 4. The number of nitrogens with one attached hydrogen (secondary N) is 1. The summed E-state index contributed by atoms with van der Waals surface area (Å²) in [5.41, 5.74) is 2.03. The van der Waals surface area contributed by atoms with Gasteiger partial charge in [0.25, 0.3) is 0 Å². The largest absolute Gasteiger partial charge is 0.330 e. The molecular weight excluding hydrogens is 362 g/mol. The van der Waals surface area contributed by atoms with Crippen LogP contribution < -0.4 is 10.2 Å². The van der Waals surface area contributed by atoms with Gasteiger partial charge < -0.3 is 5.32 Å². The highest BCUT2D eigenvalue weighted by Crippen LogP contribution is 2.46. The Labute approximate surface area is 172 Å². The Hall–Kier alpha value is -2.47. The average molecular weight is 392 g/mol. The van der Waals surface area contributed by atoms with Crippen LogP contribution >= 0.6 is 0 Å². The molecule has 2 aromatic rings. The Morgan fingerprint density at radius 1 is 1.03 bits per heavy atom. The molecule has 2 saturated carbocycles. The second-order valence-electron chi connectivity index (χ2n) is 9.16. The molecule has 1 aromatic carbocycles. The molecule has 1 aromatic heterocycles. The van der Waals surface area contributed by atoms with E-state index in [1.54, 1.807) is 0 Å². The molecule has 5 rings (SSSR count). The van der Waals surface area contributed by atoms with Crippen molar-refractivity contribution in [3.63, 3.8) is 0 Å². The van der Waals surface area contributed by atoms with Gasteiger partial charge in [0.2, 0.25) is 0 Å². The van der Waals surface area contributed by atoms with Crippen molar-refractivity contribution in [1.82, 2.24) is 20.2 Å². The molecule has 0 atom stereocenters. The van der Waals surface area contributed by atoms with E-state index in [1.165, 1.54) is 18.4 Å². The van der Waals surface area contributed by atoms with Gasteiger partial charge in [0.1, 0.15) is 5.82 Å². The summed E-state index contributed by atoms with van der Waals surface area (Å²) in [6, 6.07) is 10.8. The lowest BCUT2D eigenvalue weighted by Crippen LogP contribution is -2.54. The molecule has 2 amide bonds. The summed E-state index contributed by atoms with van der Waals surface area (Å²) in [6.45, 7) is 0.691. The molecule has 0 radical (unpaired) electrons. The third-order valence-corrected chi connectivity index (χ3v) is 7.19. The van der Waals surface area contributed by atoms with Crippen molar-refractivity contribution in [1.29, 1.82) is 0 Å². The molecule has 3 aliphatic rings. The van der Waals surface area contributed by atoms with E-state index >= 15 is 0 Å². The minimum absolute atomic E-state index is 0.0233. The Morgan fingerprint density at radius 2 is 1.69 bits per heavy atom. The number of urea groups is 1. The van der Waals surface area contributed by atoms with Gasteiger partial charge in [-0.25, -0.2) is 14.8 Å². The van der Waals surface area contributed by atoms with E-state index in [4.69, 9.17) is 0 Å². The number of anilines is 1. The normalized spacial score (nSPS) is 29.5. The monoisotopic (exact) mass is 391 g/mol. The minimum atomic E-state index is -0.166. The highest BCUT2D eigenvalue weighted by Gasteiger charge is 2.50. The van der Waals surface area contributed by atoms with Crippen LogP contribution in [0.15, 0.2) is 42.7 Å². The van der Waals surface area contributed by atoms with Crippen LogP contribution in [-0.2, 0) is 5.54 Å². The van der Waals surface area contributed by atoms with E-state index in [0.29, 0.717) is 12.5 Å². The lowest BCUT2D eigenvalue weighted by Gasteiger charge is -2.48. The van der Waals surface area contributed by atoms with Crippen LogP contribution in [0.25, 0.3) is 0 Å². The second-order valence-corrected chi connectivity index (χ2v) is 9.16. The zero-order chi connectivity index (χ0) is 20.1. The van der Waals surface area contributed by atoms with Gasteiger partial charge in [0.05, 0.1) is 30.2 Å². The number of rotatable bonds is 4. The zero-order valence-electron chi connectivity index (χ0n) is 17.3. The number of nitrogens with zero attached hydrogens (tertiary/aromatic N) is 4. The van der Waals surface area contributed by atoms with Crippen molar-refractivity contribution < 1.29 is 4.79 Å². The van der Waals surface area contributed by atoms with Crippen LogP contribution in [0, 0.1) is 0 Å². The van der Waals surface area contributed by atoms with Crippen LogP contribution in [0.4, 0.5) is 10.5 Å². The summed E-state index contributed by atoms with van der Waals surface area (Å²) in [5, 5.41) is 3.31. The van der Waals surface area contributed by atoms with Crippen molar-refractivity contribution in [3.8, 4) is 0 Å². The number of carbonyl (C=O) groups is 1. The first-order valence-corrected chi connectivity index (χ1v) is 10.7. The summed E-state index contributed by atoms with van der Waals surface area (Å²) < 4.78 is 0. The molecule has 1 spiro atoms. The molecule has 2 aliphatic carbocycles. The molecule has 29 heavy (non-hydrogen) atoms. The van der Waals surface area contributed by atoms with Gasteiger partial charge in [0.15, 0.2) is 0 Å². The Bertz CT molecular complexity index is 883. The predicted octanol–water partition coefficient (Wildman–Crippen LogP) is 3.65. The van der Waals surface area contributed by atoms with Crippen LogP contribution in [0.1, 0.15) is 55.8 Å². The Balaban J connectivity index is 1.33. The van der Waals surface area contributed by atoms with Crippen LogP contribution in [0.3, 0.4) is 0 Å². The lowest BCUT2D eigenvalue weighted by molar-refractivity contribution is 0.0658. The highest BCUT2D eigenvalue weighted by molar-refractivity contribution is 5.95. The fourth-order valence-electron chi connectivity index (χ4n) is 5.11. The molecule has 6 nitrogen and oxygen atoms in total. The van der Waals surface area contributed by atoms with Crippen molar-refractivity contribution in [2.45, 2.75) is 55.5 Å². The summed E-state index contributed by atoms with van der Waals surface area (Å²) in [6.07, 6.45) is 9.97. The first-order chi connectivity index (χ1) is 14.0. The van der Waals surface area contributed by atoms with Gasteiger partial charge in [0, 0.05) is 11.5 Å². The van der Waals surface area contributed by atoms with Crippen LogP contribution in [0.5, 0.6) is 0 Å². The summed E-state index contributed by atoms with van der Waals surface area (Å²) >= 11 is 0. The molecule has 152 valence electrons. The van der Waals surface area contributed by atoms with E-state index in [1.807, 2.05) is 17.3 Å². The van der Waals surface area contributed by atoms with Gasteiger partial charge in [-0.2, -0.15) is 0 Å². The fraction of sp³-hybridized carbons (Fsp3) is 0.522. The molecule has 1 aliphatic heterocycles. The minimum Gasteiger partial charge on any atom is -0.330 e. The fourth-order valence-corrected chi connectivity index (χ4v) is 5.11. The Kier molecular flexibility index (Phi) is 4.35. The quantitative estimate of drug-likeness (QED) is 0.864. The molecule has 1 N–H and O–H groups in total. The highest BCUT2D eigenvalue weighted by atomic mass is 16.2. The smallest absolute Gasteiger partial charge is 0.322 e. The van der Waals surface area contributed by atoms with E-state index in [2.05, 4.69) is 64.6 Å². The van der Waals surface area contributed by atoms with Gasteiger partial charge in [-0.3, -0.25) is 9.80 Å². The average Bonchev–Trinajstić information content (AvgIpc) is 3.54. The van der Waals surface area contributed by atoms with Gasteiger partial charge >= 0.3 is 6.03 Å². The lowest BCUT2D eigenvalue weighted by atomic mass is 9.69. The topological polar surface area (TPSA) is 61.4 Å². The molecule has 6 heteroatoms. The maximum atomic E-state index is 12.8. The first-order valence-electron chi connectivity index (χ1n) is 10.7. The number of amides is 2. The van der Waals surface area contributed by atoms with Crippen molar-refractivity contribution in [3.05, 3.63) is 54.1 Å². The molecular formula is C23H29N5O. The number of benzene rings is 1. The van der Waals surface area contributed by atoms with Gasteiger partial charge in [-0.1, -0.05) is 30.3 Å². The van der Waals surface area contributed by atoms with Crippen molar-refractivity contribution in [2.24, 2.45) is 0 Å². The molecule has 1 saturated heterocycles. The molecule has 2 heterocycles. The summed E-state index contributed by atoms with van der Waals surface area (Å²) in [7, 11) is 4.34. The third kappa shape index (κ3) is 3.19. The van der Waals surface area contributed by atoms with E-state index in [0.717, 1.165) is 37.2 Å². The second kappa shape index (κ2) is 6.80. The van der Waals surface area contributed by atoms with Gasteiger partial charge in [-0.15, -0.1) is 0 Å². The summed E-state index contributed by atoms with van der Waals surface area (Å²) in [4.78, 5) is 26.0. The predicted molar refractivity (Wildman–Crippen MR) is 113 cm³/mol. The summed E-state index contributed by atoms with van der Waals surface area (Å²) in [5.74, 6) is 1.44. The van der Waals surface area contributed by atoms with E-state index < -0.39 is 0 Å². The maximum Gasteiger partial charge on any atom is 0.322 e. The van der Waals surface area contributed by atoms with E-state index in [-0.39, 0.29) is 17.1 Å². The number of aromatic nitrogens is 2. The zero-order valence-corrected chi connectivity index (χ0v) is 17.3. The maximum absolute atomic E-state index is 12.8.